The molecule has 2 atom stereocenters. The molecule has 2 unspecified atom stereocenters. The van der Waals surface area contributed by atoms with Gasteiger partial charge in [-0.15, -0.1) is 0 Å². The van der Waals surface area contributed by atoms with E-state index >= 15 is 0 Å². The molecule has 0 aromatic heterocycles. The zero-order chi connectivity index (χ0) is 20.3. The van der Waals surface area contributed by atoms with E-state index in [1.54, 1.807) is 24.3 Å². The average Bonchev–Trinajstić information content (AvgIpc) is 2.68. The molecule has 4 N–H and O–H groups in total. The van der Waals surface area contributed by atoms with Crippen molar-refractivity contribution in [1.82, 2.24) is 4.90 Å². The molecule has 0 fully saturated rings. The molecular weight excluding hydrogens is 382 g/mol. The first-order valence-corrected chi connectivity index (χ1v) is 8.89. The summed E-state index contributed by atoms with van der Waals surface area (Å²) in [5.41, 5.74) is 7.10. The highest BCUT2D eigenvalue weighted by atomic mass is 35.5. The molecule has 0 spiro atoms. The number of nitrogens with two attached hydrogens (primary N) is 1. The summed E-state index contributed by atoms with van der Waals surface area (Å²) in [6, 6.07) is 14.9. The molecule has 7 nitrogen and oxygen atoms in total. The summed E-state index contributed by atoms with van der Waals surface area (Å²) in [6.07, 6.45) is -0.689. The number of amides is 1. The number of nitrogens with zero attached hydrogens (tertiary/aromatic N) is 2. The molecule has 1 heterocycles. The van der Waals surface area contributed by atoms with Gasteiger partial charge in [0.2, 0.25) is 5.91 Å². The third-order valence-corrected chi connectivity index (χ3v) is 4.67. The van der Waals surface area contributed by atoms with Crippen molar-refractivity contribution in [1.29, 1.82) is 0 Å². The predicted molar refractivity (Wildman–Crippen MR) is 106 cm³/mol. The van der Waals surface area contributed by atoms with Gasteiger partial charge in [0.25, 0.3) is 5.88 Å². The molecule has 2 aromatic rings. The fourth-order valence-corrected chi connectivity index (χ4v) is 3.23. The number of hydrogen-bond donors (Lipinski definition) is 3. The topological polar surface area (TPSA) is 108 Å². The number of methoxy groups -OCH3 is 1. The standard InChI is InChI=1S/C20H20ClN3O4/c1-28-17(13-5-3-2-4-6-13)19-23-20(27)16(25)15(18(22)26)24(19)11-12-7-9-14(21)10-8-12/h2-10,15,17,25,27H,11H2,1H3,(H2,22,26). The Morgan fingerprint density at radius 2 is 1.86 bits per heavy atom. The lowest BCUT2D eigenvalue weighted by Crippen LogP contribution is -2.52. The molecule has 1 aliphatic rings. The Balaban J connectivity index is 2.07. The zero-order valence-corrected chi connectivity index (χ0v) is 15.9. The van der Waals surface area contributed by atoms with Gasteiger partial charge in [-0.2, -0.15) is 4.99 Å². The fraction of sp³-hybridized carbons (Fsp3) is 0.200. The molecule has 146 valence electrons. The van der Waals surface area contributed by atoms with Gasteiger partial charge in [-0.25, -0.2) is 0 Å². The highest BCUT2D eigenvalue weighted by molar-refractivity contribution is 6.30. The average molecular weight is 402 g/mol. The summed E-state index contributed by atoms with van der Waals surface area (Å²) in [6.45, 7) is 0.188. The van der Waals surface area contributed by atoms with Crippen LogP contribution in [0.1, 0.15) is 17.2 Å². The molecule has 2 aromatic carbocycles. The number of primary amides is 1. The summed E-state index contributed by atoms with van der Waals surface area (Å²) >= 11 is 5.95. The Hall–Kier alpha value is -3.03. The first-order chi connectivity index (χ1) is 13.4. The monoisotopic (exact) mass is 401 g/mol. The summed E-state index contributed by atoms with van der Waals surface area (Å²) in [5, 5.41) is 20.9. The van der Waals surface area contributed by atoms with E-state index in [9.17, 15) is 15.0 Å². The Bertz CT molecular complexity index is 913. The first-order valence-electron chi connectivity index (χ1n) is 8.51. The number of aliphatic hydroxyl groups excluding tert-OH is 2. The third kappa shape index (κ3) is 3.95. The van der Waals surface area contributed by atoms with Gasteiger partial charge in [-0.3, -0.25) is 4.79 Å². The van der Waals surface area contributed by atoms with E-state index < -0.39 is 29.7 Å². The first kappa shape index (κ1) is 19.7. The second-order valence-electron chi connectivity index (χ2n) is 6.26. The van der Waals surface area contributed by atoms with E-state index in [0.29, 0.717) is 5.02 Å². The Morgan fingerprint density at radius 1 is 1.21 bits per heavy atom. The van der Waals surface area contributed by atoms with Gasteiger partial charge in [0.1, 0.15) is 11.9 Å². The summed E-state index contributed by atoms with van der Waals surface area (Å²) in [4.78, 5) is 17.7. The van der Waals surface area contributed by atoms with Crippen molar-refractivity contribution in [2.45, 2.75) is 18.7 Å². The van der Waals surface area contributed by atoms with Crippen LogP contribution in [0.5, 0.6) is 0 Å². The lowest BCUT2D eigenvalue weighted by Gasteiger charge is -2.37. The molecule has 0 aliphatic carbocycles. The van der Waals surface area contributed by atoms with E-state index in [1.807, 2.05) is 30.3 Å². The van der Waals surface area contributed by atoms with Gasteiger partial charge in [0.15, 0.2) is 11.8 Å². The lowest BCUT2D eigenvalue weighted by atomic mass is 10.0. The van der Waals surface area contributed by atoms with Crippen molar-refractivity contribution in [3.05, 3.63) is 82.4 Å². The smallest absolute Gasteiger partial charge is 0.254 e. The Labute approximate surface area is 167 Å². The molecular formula is C20H20ClN3O4. The lowest BCUT2D eigenvalue weighted by molar-refractivity contribution is -0.122. The van der Waals surface area contributed by atoms with Gasteiger partial charge in [0, 0.05) is 18.7 Å². The van der Waals surface area contributed by atoms with Gasteiger partial charge < -0.3 is 25.6 Å². The number of benzene rings is 2. The van der Waals surface area contributed by atoms with Crippen LogP contribution in [0.4, 0.5) is 0 Å². The van der Waals surface area contributed by atoms with Crippen LogP contribution in [-0.4, -0.2) is 40.0 Å². The number of hydrogen-bond acceptors (Lipinski definition) is 6. The predicted octanol–water partition coefficient (Wildman–Crippen LogP) is 3.08. The fourth-order valence-electron chi connectivity index (χ4n) is 3.11. The van der Waals surface area contributed by atoms with Crippen LogP contribution >= 0.6 is 11.6 Å². The third-order valence-electron chi connectivity index (χ3n) is 4.42. The van der Waals surface area contributed by atoms with Crippen LogP contribution < -0.4 is 5.73 Å². The van der Waals surface area contributed by atoms with E-state index in [4.69, 9.17) is 22.1 Å². The summed E-state index contributed by atoms with van der Waals surface area (Å²) in [5.74, 6) is -1.84. The van der Waals surface area contributed by atoms with Crippen LogP contribution in [0.3, 0.4) is 0 Å². The van der Waals surface area contributed by atoms with E-state index in [1.165, 1.54) is 12.0 Å². The minimum Gasteiger partial charge on any atom is -0.505 e. The number of halogens is 1. The Kier molecular flexibility index (Phi) is 5.87. The molecule has 1 aliphatic heterocycles. The van der Waals surface area contributed by atoms with Crippen LogP contribution in [0.15, 0.2) is 71.2 Å². The van der Waals surface area contributed by atoms with Crippen LogP contribution in [0, 0.1) is 0 Å². The minimum absolute atomic E-state index is 0.188. The largest absolute Gasteiger partial charge is 0.505 e. The van der Waals surface area contributed by atoms with Crippen molar-refractivity contribution in [3.63, 3.8) is 0 Å². The number of aliphatic hydroxyl groups is 2. The van der Waals surface area contributed by atoms with Crippen molar-refractivity contribution < 1.29 is 19.7 Å². The second-order valence-corrected chi connectivity index (χ2v) is 6.70. The zero-order valence-electron chi connectivity index (χ0n) is 15.1. The molecule has 3 rings (SSSR count). The molecule has 28 heavy (non-hydrogen) atoms. The number of rotatable bonds is 6. The van der Waals surface area contributed by atoms with Gasteiger partial charge in [0.05, 0.1) is 0 Å². The molecule has 0 bridgehead atoms. The molecule has 0 radical (unpaired) electrons. The van der Waals surface area contributed by atoms with Crippen molar-refractivity contribution in [2.75, 3.05) is 7.11 Å². The molecule has 0 saturated heterocycles. The minimum atomic E-state index is -1.29. The van der Waals surface area contributed by atoms with Gasteiger partial charge in [-0.05, 0) is 23.3 Å². The Morgan fingerprint density at radius 3 is 2.43 bits per heavy atom. The SMILES string of the molecule is COC(C1=NC(O)=C(O)C(C(N)=O)N1Cc1ccc(Cl)cc1)c1ccccc1. The molecule has 1 amide bonds. The van der Waals surface area contributed by atoms with E-state index in [2.05, 4.69) is 4.99 Å². The number of aliphatic imine (C=N–C) groups is 1. The molecule has 0 saturated carbocycles. The van der Waals surface area contributed by atoms with Crippen molar-refractivity contribution in [3.8, 4) is 0 Å². The quantitative estimate of drug-likeness (QED) is 0.689. The van der Waals surface area contributed by atoms with Crippen LogP contribution in [0.2, 0.25) is 5.02 Å². The number of ether oxygens (including phenoxy) is 1. The molecule has 8 heteroatoms. The number of carbonyl (C=O) groups excluding carboxylic acids is 1. The van der Waals surface area contributed by atoms with Gasteiger partial charge >= 0.3 is 0 Å². The highest BCUT2D eigenvalue weighted by Crippen LogP contribution is 2.30. The van der Waals surface area contributed by atoms with Crippen LogP contribution in [-0.2, 0) is 16.1 Å². The van der Waals surface area contributed by atoms with E-state index in [-0.39, 0.29) is 12.4 Å². The van der Waals surface area contributed by atoms with Gasteiger partial charge in [-0.1, -0.05) is 54.1 Å². The maximum Gasteiger partial charge on any atom is 0.254 e. The van der Waals surface area contributed by atoms with Crippen LogP contribution in [0.25, 0.3) is 0 Å². The second kappa shape index (κ2) is 8.33. The maximum absolute atomic E-state index is 12.1. The van der Waals surface area contributed by atoms with Crippen molar-refractivity contribution >= 4 is 23.3 Å². The number of amidine groups is 1. The summed E-state index contributed by atoms with van der Waals surface area (Å²) in [7, 11) is 1.50. The normalized spacial score (nSPS) is 18.0. The maximum atomic E-state index is 12.1. The van der Waals surface area contributed by atoms with E-state index in [0.717, 1.165) is 11.1 Å². The summed E-state index contributed by atoms with van der Waals surface area (Å²) < 4.78 is 5.61. The highest BCUT2D eigenvalue weighted by Gasteiger charge is 2.39. The number of carbonyl (C=O) groups is 1. The van der Waals surface area contributed by atoms with Crippen molar-refractivity contribution in [2.24, 2.45) is 10.7 Å².